The number of amides is 1. The highest BCUT2D eigenvalue weighted by Gasteiger charge is 2.23. The summed E-state index contributed by atoms with van der Waals surface area (Å²) in [7, 11) is 0. The van der Waals surface area contributed by atoms with Gasteiger partial charge in [0.15, 0.2) is 0 Å². The monoisotopic (exact) mass is 284 g/mol. The minimum Gasteiger partial charge on any atom is -0.399 e. The quantitative estimate of drug-likeness (QED) is 0.881. The number of fused-ring (bicyclic) bond motifs is 1. The highest BCUT2D eigenvalue weighted by molar-refractivity contribution is 5.96. The second kappa shape index (κ2) is 5.56. The lowest BCUT2D eigenvalue weighted by atomic mass is 10.00. The molecule has 2 N–H and O–H groups in total. The second-order valence-electron chi connectivity index (χ2n) is 5.31. The van der Waals surface area contributed by atoms with Crippen molar-refractivity contribution < 1.29 is 9.18 Å². The fourth-order valence-electron chi connectivity index (χ4n) is 2.70. The summed E-state index contributed by atoms with van der Waals surface area (Å²) in [4.78, 5) is 13.9. The van der Waals surface area contributed by atoms with Crippen molar-refractivity contribution in [3.05, 3.63) is 59.4 Å². The van der Waals surface area contributed by atoms with Crippen LogP contribution in [0.4, 0.5) is 15.8 Å². The molecular weight excluding hydrogens is 267 g/mol. The Morgan fingerprint density at radius 2 is 1.86 bits per heavy atom. The number of carbonyl (C=O) groups excluding carboxylic acids is 1. The molecule has 2 aromatic carbocycles. The summed E-state index contributed by atoms with van der Waals surface area (Å²) >= 11 is 0. The van der Waals surface area contributed by atoms with Gasteiger partial charge in [-0.2, -0.15) is 0 Å². The van der Waals surface area contributed by atoms with Crippen LogP contribution in [0.2, 0.25) is 0 Å². The van der Waals surface area contributed by atoms with Gasteiger partial charge in [0.25, 0.3) is 0 Å². The molecule has 4 heteroatoms. The highest BCUT2D eigenvalue weighted by atomic mass is 19.1. The molecule has 1 aliphatic rings. The molecule has 0 atom stereocenters. The average Bonchev–Trinajstić information content (AvgIpc) is 2.48. The minimum absolute atomic E-state index is 0.101. The van der Waals surface area contributed by atoms with Gasteiger partial charge in [0, 0.05) is 24.3 Å². The van der Waals surface area contributed by atoms with Crippen LogP contribution in [0, 0.1) is 5.82 Å². The average molecular weight is 284 g/mol. The third-order valence-electron chi connectivity index (χ3n) is 3.85. The van der Waals surface area contributed by atoms with Gasteiger partial charge in [0.05, 0.1) is 0 Å². The number of aryl methyl sites for hydroxylation is 1. The number of rotatable bonds is 3. The zero-order chi connectivity index (χ0) is 14.8. The van der Waals surface area contributed by atoms with Crippen LogP contribution >= 0.6 is 0 Å². The molecule has 0 fully saturated rings. The fourth-order valence-corrected chi connectivity index (χ4v) is 2.70. The minimum atomic E-state index is -0.249. The molecule has 0 unspecified atom stereocenters. The maximum atomic E-state index is 13.3. The number of carbonyl (C=O) groups is 1. The van der Waals surface area contributed by atoms with E-state index in [9.17, 15) is 9.18 Å². The van der Waals surface area contributed by atoms with E-state index in [1.165, 1.54) is 12.1 Å². The lowest BCUT2D eigenvalue weighted by Gasteiger charge is -2.29. The van der Waals surface area contributed by atoms with Crippen molar-refractivity contribution in [2.75, 3.05) is 17.2 Å². The standard InChI is InChI=1S/C17H17FN2O/c18-14-4-7-16-13(11-14)3-8-17(21)20(16)10-9-12-1-5-15(19)6-2-12/h1-2,4-7,11H,3,8-10,19H2. The smallest absolute Gasteiger partial charge is 0.227 e. The van der Waals surface area contributed by atoms with Gasteiger partial charge >= 0.3 is 0 Å². The number of anilines is 2. The van der Waals surface area contributed by atoms with E-state index in [2.05, 4.69) is 0 Å². The first kappa shape index (κ1) is 13.6. The van der Waals surface area contributed by atoms with Crippen molar-refractivity contribution in [1.82, 2.24) is 0 Å². The molecular formula is C17H17FN2O. The Balaban J connectivity index is 1.78. The highest BCUT2D eigenvalue weighted by Crippen LogP contribution is 2.28. The maximum Gasteiger partial charge on any atom is 0.227 e. The Morgan fingerprint density at radius 1 is 1.10 bits per heavy atom. The van der Waals surface area contributed by atoms with Crippen molar-refractivity contribution >= 4 is 17.3 Å². The van der Waals surface area contributed by atoms with Gasteiger partial charge < -0.3 is 10.6 Å². The zero-order valence-corrected chi connectivity index (χ0v) is 11.7. The van der Waals surface area contributed by atoms with E-state index in [1.54, 1.807) is 11.0 Å². The topological polar surface area (TPSA) is 46.3 Å². The molecule has 0 spiro atoms. The van der Waals surface area contributed by atoms with Gasteiger partial charge in [-0.3, -0.25) is 4.79 Å². The van der Waals surface area contributed by atoms with E-state index in [1.807, 2.05) is 24.3 Å². The largest absolute Gasteiger partial charge is 0.399 e. The third kappa shape index (κ3) is 2.89. The van der Waals surface area contributed by atoms with Gasteiger partial charge in [0.1, 0.15) is 5.82 Å². The lowest BCUT2D eigenvalue weighted by molar-refractivity contribution is -0.118. The maximum absolute atomic E-state index is 13.3. The van der Waals surface area contributed by atoms with Crippen molar-refractivity contribution in [3.63, 3.8) is 0 Å². The van der Waals surface area contributed by atoms with Crippen LogP contribution in [0.15, 0.2) is 42.5 Å². The van der Waals surface area contributed by atoms with E-state index < -0.39 is 0 Å². The molecule has 0 bridgehead atoms. The Morgan fingerprint density at radius 3 is 2.62 bits per heavy atom. The van der Waals surface area contributed by atoms with Gasteiger partial charge in [0.2, 0.25) is 5.91 Å². The number of nitrogens with zero attached hydrogens (tertiary/aromatic N) is 1. The Kier molecular flexibility index (Phi) is 3.60. The molecule has 0 saturated carbocycles. The van der Waals surface area contributed by atoms with Crippen LogP contribution < -0.4 is 10.6 Å². The lowest BCUT2D eigenvalue weighted by Crippen LogP contribution is -2.36. The van der Waals surface area contributed by atoms with E-state index in [0.29, 0.717) is 19.4 Å². The number of nitrogens with two attached hydrogens (primary N) is 1. The zero-order valence-electron chi connectivity index (χ0n) is 11.7. The molecule has 0 radical (unpaired) electrons. The molecule has 0 aromatic heterocycles. The summed E-state index contributed by atoms with van der Waals surface area (Å²) < 4.78 is 13.3. The van der Waals surface area contributed by atoms with Crippen molar-refractivity contribution in [2.45, 2.75) is 19.3 Å². The number of hydrogen-bond acceptors (Lipinski definition) is 2. The number of hydrogen-bond donors (Lipinski definition) is 1. The van der Waals surface area contributed by atoms with Crippen molar-refractivity contribution in [1.29, 1.82) is 0 Å². The van der Waals surface area contributed by atoms with Gasteiger partial charge in [-0.05, 0) is 54.3 Å². The van der Waals surface area contributed by atoms with E-state index in [-0.39, 0.29) is 11.7 Å². The molecule has 0 aliphatic carbocycles. The molecule has 1 heterocycles. The summed E-state index contributed by atoms with van der Waals surface area (Å²) in [6, 6.07) is 12.3. The molecule has 108 valence electrons. The normalized spacial score (nSPS) is 14.1. The van der Waals surface area contributed by atoms with Crippen LogP contribution in [-0.4, -0.2) is 12.5 Å². The van der Waals surface area contributed by atoms with E-state index in [4.69, 9.17) is 5.73 Å². The summed E-state index contributed by atoms with van der Waals surface area (Å²) in [5.74, 6) is -0.147. The Bertz CT molecular complexity index is 667. The van der Waals surface area contributed by atoms with Gasteiger partial charge in [-0.1, -0.05) is 12.1 Å². The number of nitrogen functional groups attached to an aromatic ring is 1. The summed E-state index contributed by atoms with van der Waals surface area (Å²) in [6.45, 7) is 0.599. The summed E-state index contributed by atoms with van der Waals surface area (Å²) in [6.07, 6.45) is 1.81. The molecule has 3 nitrogen and oxygen atoms in total. The molecule has 0 saturated heterocycles. The first-order valence-corrected chi connectivity index (χ1v) is 7.07. The summed E-state index contributed by atoms with van der Waals surface area (Å²) in [5.41, 5.74) is 9.27. The predicted octanol–water partition coefficient (Wildman–Crippen LogP) is 2.93. The van der Waals surface area contributed by atoms with Crippen LogP contribution in [0.25, 0.3) is 0 Å². The van der Waals surface area contributed by atoms with E-state index >= 15 is 0 Å². The van der Waals surface area contributed by atoms with Gasteiger partial charge in [-0.15, -0.1) is 0 Å². The first-order chi connectivity index (χ1) is 10.1. The molecule has 1 aliphatic heterocycles. The van der Waals surface area contributed by atoms with Crippen LogP contribution in [0.3, 0.4) is 0 Å². The second-order valence-corrected chi connectivity index (χ2v) is 5.31. The third-order valence-corrected chi connectivity index (χ3v) is 3.85. The predicted molar refractivity (Wildman–Crippen MR) is 81.6 cm³/mol. The molecule has 3 rings (SSSR count). The van der Waals surface area contributed by atoms with Crippen LogP contribution in [0.1, 0.15) is 17.5 Å². The van der Waals surface area contributed by atoms with Crippen LogP contribution in [0.5, 0.6) is 0 Å². The molecule has 2 aromatic rings. The first-order valence-electron chi connectivity index (χ1n) is 7.07. The fraction of sp³-hybridized carbons (Fsp3) is 0.235. The number of benzene rings is 2. The Labute approximate surface area is 123 Å². The molecule has 21 heavy (non-hydrogen) atoms. The summed E-state index contributed by atoms with van der Waals surface area (Å²) in [5, 5.41) is 0. The van der Waals surface area contributed by atoms with E-state index in [0.717, 1.165) is 28.9 Å². The Hall–Kier alpha value is -2.36. The molecule has 1 amide bonds. The van der Waals surface area contributed by atoms with Crippen LogP contribution in [-0.2, 0) is 17.6 Å². The van der Waals surface area contributed by atoms with Crippen molar-refractivity contribution in [2.24, 2.45) is 0 Å². The SMILES string of the molecule is Nc1ccc(CCN2C(=O)CCc3cc(F)ccc32)cc1. The van der Waals surface area contributed by atoms with Crippen molar-refractivity contribution in [3.8, 4) is 0 Å². The number of halogens is 1. The van der Waals surface area contributed by atoms with Gasteiger partial charge in [-0.25, -0.2) is 4.39 Å².